The second-order valence-electron chi connectivity index (χ2n) is 5.74. The van der Waals surface area contributed by atoms with Crippen LogP contribution in [0.5, 0.6) is 0 Å². The third-order valence-electron chi connectivity index (χ3n) is 4.89. The van der Waals surface area contributed by atoms with Gasteiger partial charge in [-0.15, -0.1) is 0 Å². The average Bonchev–Trinajstić information content (AvgIpc) is 2.91. The Morgan fingerprint density at radius 3 is 2.95 bits per heavy atom. The summed E-state index contributed by atoms with van der Waals surface area (Å²) >= 11 is 0. The molecule has 1 spiro atoms. The van der Waals surface area contributed by atoms with Gasteiger partial charge in [0, 0.05) is 24.1 Å². The van der Waals surface area contributed by atoms with Gasteiger partial charge in [0.15, 0.2) is 5.60 Å². The van der Waals surface area contributed by atoms with E-state index < -0.39 is 0 Å². The Hall–Kier alpha value is -1.09. The van der Waals surface area contributed by atoms with Crippen LogP contribution in [0.1, 0.15) is 46.5 Å². The van der Waals surface area contributed by atoms with Crippen LogP contribution in [0.25, 0.3) is 0 Å². The van der Waals surface area contributed by atoms with Crippen LogP contribution in [0.4, 0.5) is 0 Å². The van der Waals surface area contributed by atoms with Gasteiger partial charge in [0.05, 0.1) is 6.04 Å². The van der Waals surface area contributed by atoms with Crippen LogP contribution in [0.2, 0.25) is 0 Å². The maximum Gasteiger partial charge on any atom is 0.332 e. The first-order chi connectivity index (χ1) is 9.21. The summed E-state index contributed by atoms with van der Waals surface area (Å²) in [6, 6.07) is 0.913. The van der Waals surface area contributed by atoms with Gasteiger partial charge in [-0.3, -0.25) is 4.90 Å². The molecule has 0 N–H and O–H groups in total. The normalized spacial score (nSPS) is 39.4. The largest absolute Gasteiger partial charge is 0.449 e. The molecule has 104 valence electrons. The Labute approximate surface area is 115 Å². The fourth-order valence-electron chi connectivity index (χ4n) is 4.30. The van der Waals surface area contributed by atoms with Gasteiger partial charge in [0.1, 0.15) is 0 Å². The predicted molar refractivity (Wildman–Crippen MR) is 74.8 cm³/mol. The van der Waals surface area contributed by atoms with Crippen LogP contribution in [0.3, 0.4) is 0 Å². The van der Waals surface area contributed by atoms with E-state index in [9.17, 15) is 4.79 Å². The average molecular weight is 261 g/mol. The predicted octanol–water partition coefficient (Wildman–Crippen LogP) is 2.82. The summed E-state index contributed by atoms with van der Waals surface area (Å²) in [4.78, 5) is 14.2. The molecular weight excluding hydrogens is 238 g/mol. The molecule has 3 aliphatic heterocycles. The van der Waals surface area contributed by atoms with Crippen molar-refractivity contribution < 1.29 is 9.53 Å². The van der Waals surface area contributed by atoms with E-state index in [2.05, 4.69) is 17.9 Å². The Balaban J connectivity index is 0.000000528. The Morgan fingerprint density at radius 1 is 1.37 bits per heavy atom. The van der Waals surface area contributed by atoms with Crippen LogP contribution < -0.4 is 0 Å². The van der Waals surface area contributed by atoms with E-state index in [4.69, 9.17) is 4.74 Å². The molecule has 3 atom stereocenters. The molecule has 0 aromatic carbocycles. The minimum Gasteiger partial charge on any atom is -0.449 e. The molecule has 0 aromatic heterocycles. The fraction of sp³-hybridized carbons (Fsp3) is 0.688. The standard InChI is InChI=1S/C14H17NO2.C2H6/c1-9-6-10-8-14(11(9)7-13(16)17-14)12-4-2-3-5-15(10)12;1-2/h6-7,10,12H,2-5,8H2,1H3;1-2H3/t10-,12-,14+;/m1./s1. The zero-order valence-corrected chi connectivity index (χ0v) is 12.1. The molecule has 0 aromatic rings. The third-order valence-corrected chi connectivity index (χ3v) is 4.89. The van der Waals surface area contributed by atoms with Crippen molar-refractivity contribution in [2.45, 2.75) is 64.1 Å². The van der Waals surface area contributed by atoms with Gasteiger partial charge >= 0.3 is 5.97 Å². The maximum absolute atomic E-state index is 11.7. The smallest absolute Gasteiger partial charge is 0.332 e. The number of hydrogen-bond donors (Lipinski definition) is 0. The summed E-state index contributed by atoms with van der Waals surface area (Å²) in [6.45, 7) is 7.28. The van der Waals surface area contributed by atoms with Gasteiger partial charge in [0.2, 0.25) is 0 Å². The van der Waals surface area contributed by atoms with Crippen LogP contribution in [0, 0.1) is 0 Å². The molecule has 0 unspecified atom stereocenters. The minimum atomic E-state index is -0.291. The van der Waals surface area contributed by atoms with Crippen LogP contribution >= 0.6 is 0 Å². The zero-order valence-electron chi connectivity index (χ0n) is 12.1. The summed E-state index contributed by atoms with van der Waals surface area (Å²) in [6.07, 6.45) is 8.74. The Bertz CT molecular complexity index is 465. The van der Waals surface area contributed by atoms with Gasteiger partial charge in [-0.05, 0) is 31.9 Å². The molecule has 4 rings (SSSR count). The number of piperidine rings is 1. The summed E-state index contributed by atoms with van der Waals surface area (Å²) in [5, 5.41) is 0. The molecule has 0 radical (unpaired) electrons. The van der Waals surface area contributed by atoms with Gasteiger partial charge in [-0.25, -0.2) is 4.79 Å². The van der Waals surface area contributed by atoms with E-state index >= 15 is 0 Å². The molecule has 0 saturated carbocycles. The van der Waals surface area contributed by atoms with Crippen molar-refractivity contribution in [3.8, 4) is 0 Å². The molecule has 3 nitrogen and oxygen atoms in total. The van der Waals surface area contributed by atoms with E-state index in [0.717, 1.165) is 18.5 Å². The van der Waals surface area contributed by atoms with E-state index in [1.807, 2.05) is 13.8 Å². The monoisotopic (exact) mass is 261 g/mol. The Morgan fingerprint density at radius 2 is 2.16 bits per heavy atom. The number of ether oxygens (including phenoxy) is 1. The number of esters is 1. The Kier molecular flexibility index (Phi) is 3.05. The van der Waals surface area contributed by atoms with Crippen molar-refractivity contribution >= 4 is 5.97 Å². The number of fused-ring (bicyclic) bond motifs is 3. The van der Waals surface area contributed by atoms with E-state index in [-0.39, 0.29) is 11.6 Å². The molecular formula is C16H23NO2. The summed E-state index contributed by atoms with van der Waals surface area (Å²) < 4.78 is 5.77. The van der Waals surface area contributed by atoms with Gasteiger partial charge in [-0.2, -0.15) is 0 Å². The first-order valence-corrected chi connectivity index (χ1v) is 7.60. The molecule has 2 bridgehead atoms. The fourth-order valence-corrected chi connectivity index (χ4v) is 4.30. The molecule has 2 fully saturated rings. The van der Waals surface area contributed by atoms with Gasteiger partial charge in [0.25, 0.3) is 0 Å². The molecule has 3 heterocycles. The minimum absolute atomic E-state index is 0.138. The van der Waals surface area contributed by atoms with E-state index in [1.54, 1.807) is 6.08 Å². The van der Waals surface area contributed by atoms with Crippen molar-refractivity contribution in [2.75, 3.05) is 6.54 Å². The highest BCUT2D eigenvalue weighted by molar-refractivity contribution is 5.89. The quantitative estimate of drug-likeness (QED) is 0.628. The number of hydrogen-bond acceptors (Lipinski definition) is 3. The molecule has 19 heavy (non-hydrogen) atoms. The zero-order chi connectivity index (χ0) is 13.6. The second-order valence-corrected chi connectivity index (χ2v) is 5.74. The first kappa shape index (κ1) is 12.9. The number of carbonyl (C=O) groups excluding carboxylic acids is 1. The summed E-state index contributed by atoms with van der Waals surface area (Å²) in [5.41, 5.74) is 2.12. The summed E-state index contributed by atoms with van der Waals surface area (Å²) in [5.74, 6) is -0.138. The van der Waals surface area contributed by atoms with E-state index in [0.29, 0.717) is 12.1 Å². The van der Waals surface area contributed by atoms with Crippen LogP contribution in [-0.4, -0.2) is 35.1 Å². The van der Waals surface area contributed by atoms with Crippen LogP contribution in [0.15, 0.2) is 23.3 Å². The number of nitrogens with zero attached hydrogens (tertiary/aromatic N) is 1. The lowest BCUT2D eigenvalue weighted by molar-refractivity contribution is -0.148. The highest BCUT2D eigenvalue weighted by Gasteiger charge is 2.61. The highest BCUT2D eigenvalue weighted by atomic mass is 16.6. The van der Waals surface area contributed by atoms with Crippen molar-refractivity contribution in [2.24, 2.45) is 0 Å². The van der Waals surface area contributed by atoms with Crippen molar-refractivity contribution in [1.29, 1.82) is 0 Å². The highest BCUT2D eigenvalue weighted by Crippen LogP contribution is 2.53. The van der Waals surface area contributed by atoms with Gasteiger partial charge < -0.3 is 4.74 Å². The van der Waals surface area contributed by atoms with Crippen molar-refractivity contribution in [3.05, 3.63) is 23.3 Å². The SMILES string of the molecule is CC.CC1=C[C@@H]2C[C@@]3(OC(=O)C=C13)[C@H]1CCCCN21. The molecule has 2 saturated heterocycles. The second kappa shape index (κ2) is 4.48. The van der Waals surface area contributed by atoms with Gasteiger partial charge in [-0.1, -0.05) is 26.3 Å². The topological polar surface area (TPSA) is 29.5 Å². The lowest BCUT2D eigenvalue weighted by atomic mass is 9.77. The van der Waals surface area contributed by atoms with Crippen molar-refractivity contribution in [3.63, 3.8) is 0 Å². The molecule has 3 heteroatoms. The molecule has 4 aliphatic rings. The van der Waals surface area contributed by atoms with Crippen LogP contribution in [-0.2, 0) is 9.53 Å². The molecule has 0 amide bonds. The maximum atomic E-state index is 11.7. The lowest BCUT2D eigenvalue weighted by Gasteiger charge is -2.38. The third kappa shape index (κ3) is 1.64. The lowest BCUT2D eigenvalue weighted by Crippen LogP contribution is -2.48. The first-order valence-electron chi connectivity index (χ1n) is 7.60. The number of carbonyl (C=O) groups is 1. The molecule has 1 aliphatic carbocycles. The van der Waals surface area contributed by atoms with Crippen molar-refractivity contribution in [1.82, 2.24) is 4.90 Å². The summed E-state index contributed by atoms with van der Waals surface area (Å²) in [7, 11) is 0. The van der Waals surface area contributed by atoms with E-state index in [1.165, 1.54) is 24.8 Å². The number of rotatable bonds is 0.